The molecule has 6 nitrogen and oxygen atoms in total. The second-order valence-electron chi connectivity index (χ2n) is 4.48. The van der Waals surface area contributed by atoms with Gasteiger partial charge in [-0.3, -0.25) is 10.5 Å². The molecule has 3 N–H and O–H groups in total. The molecule has 0 aliphatic rings. The number of nitrogens with zero attached hydrogens (tertiary/aromatic N) is 2. The number of rotatable bonds is 7. The van der Waals surface area contributed by atoms with Crippen molar-refractivity contribution < 1.29 is 9.47 Å². The highest BCUT2D eigenvalue weighted by atomic mass is 16.5. The highest BCUT2D eigenvalue weighted by Crippen LogP contribution is 2.34. The molecule has 0 aliphatic carbocycles. The molecule has 0 bridgehead atoms. The Balaban J connectivity index is 2.52. The summed E-state index contributed by atoms with van der Waals surface area (Å²) in [6, 6.07) is 7.56. The van der Waals surface area contributed by atoms with Crippen LogP contribution in [0.1, 0.15) is 31.1 Å². The van der Waals surface area contributed by atoms with Crippen molar-refractivity contribution in [3.8, 4) is 11.5 Å². The number of aryl methyl sites for hydroxylation is 1. The van der Waals surface area contributed by atoms with E-state index >= 15 is 0 Å². The van der Waals surface area contributed by atoms with Gasteiger partial charge in [0.1, 0.15) is 11.4 Å². The largest absolute Gasteiger partial charge is 0.494 e. The summed E-state index contributed by atoms with van der Waals surface area (Å²) >= 11 is 0. The van der Waals surface area contributed by atoms with Crippen LogP contribution in [0.25, 0.3) is 0 Å². The molecule has 1 aromatic carbocycles. The molecule has 21 heavy (non-hydrogen) atoms. The lowest BCUT2D eigenvalue weighted by Crippen LogP contribution is -2.31. The zero-order chi connectivity index (χ0) is 15.2. The van der Waals surface area contributed by atoms with Crippen LogP contribution in [-0.2, 0) is 6.54 Å². The predicted octanol–water partition coefficient (Wildman–Crippen LogP) is 1.86. The molecule has 0 saturated heterocycles. The van der Waals surface area contributed by atoms with Crippen molar-refractivity contribution in [3.05, 3.63) is 41.7 Å². The van der Waals surface area contributed by atoms with Gasteiger partial charge < -0.3 is 9.47 Å². The van der Waals surface area contributed by atoms with E-state index in [2.05, 4.69) is 10.5 Å². The maximum Gasteiger partial charge on any atom is 0.161 e. The number of benzene rings is 1. The average Bonchev–Trinajstić information content (AvgIpc) is 2.93. The summed E-state index contributed by atoms with van der Waals surface area (Å²) in [5.41, 5.74) is 4.69. The second kappa shape index (κ2) is 7.10. The minimum Gasteiger partial charge on any atom is -0.494 e. The fourth-order valence-electron chi connectivity index (χ4n) is 2.40. The van der Waals surface area contributed by atoms with E-state index in [1.54, 1.807) is 13.3 Å². The van der Waals surface area contributed by atoms with Crippen LogP contribution in [0.3, 0.4) is 0 Å². The first-order valence-electron chi connectivity index (χ1n) is 7.04. The lowest BCUT2D eigenvalue weighted by atomic mass is 10.0. The summed E-state index contributed by atoms with van der Waals surface area (Å²) in [5, 5.41) is 4.33. The summed E-state index contributed by atoms with van der Waals surface area (Å²) in [6.07, 6.45) is 1.70. The van der Waals surface area contributed by atoms with Crippen LogP contribution in [0, 0.1) is 0 Å². The molecule has 0 radical (unpaired) electrons. The van der Waals surface area contributed by atoms with E-state index in [0.717, 1.165) is 23.6 Å². The molecule has 0 spiro atoms. The lowest BCUT2D eigenvalue weighted by Gasteiger charge is -2.21. The van der Waals surface area contributed by atoms with Crippen molar-refractivity contribution in [3.63, 3.8) is 0 Å². The van der Waals surface area contributed by atoms with E-state index < -0.39 is 0 Å². The standard InChI is InChI=1S/C15H22N4O2/c1-4-19-15(13(20-3)10-17-19)14(18-16)11-8-6-7-9-12(11)21-5-2/h6-10,14,18H,4-5,16H2,1-3H3. The van der Waals surface area contributed by atoms with Gasteiger partial charge in [-0.25, -0.2) is 5.43 Å². The molecule has 1 aromatic heterocycles. The topological polar surface area (TPSA) is 74.3 Å². The van der Waals surface area contributed by atoms with Crippen LogP contribution >= 0.6 is 0 Å². The molecular weight excluding hydrogens is 268 g/mol. The fourth-order valence-corrected chi connectivity index (χ4v) is 2.40. The third kappa shape index (κ3) is 3.01. The predicted molar refractivity (Wildman–Crippen MR) is 81.2 cm³/mol. The zero-order valence-corrected chi connectivity index (χ0v) is 12.7. The van der Waals surface area contributed by atoms with Gasteiger partial charge in [-0.05, 0) is 19.9 Å². The van der Waals surface area contributed by atoms with Crippen LogP contribution in [0.5, 0.6) is 11.5 Å². The second-order valence-corrected chi connectivity index (χ2v) is 4.48. The molecule has 1 heterocycles. The Labute approximate surface area is 124 Å². The number of ether oxygens (including phenoxy) is 2. The van der Waals surface area contributed by atoms with E-state index in [4.69, 9.17) is 15.3 Å². The third-order valence-electron chi connectivity index (χ3n) is 3.33. The van der Waals surface area contributed by atoms with Gasteiger partial charge in [0.2, 0.25) is 0 Å². The summed E-state index contributed by atoms with van der Waals surface area (Å²) < 4.78 is 13.0. The van der Waals surface area contributed by atoms with Gasteiger partial charge in [-0.1, -0.05) is 18.2 Å². The molecule has 1 unspecified atom stereocenters. The molecule has 0 aliphatic heterocycles. The number of hydrazine groups is 1. The molecular formula is C15H22N4O2. The molecule has 0 amide bonds. The zero-order valence-electron chi connectivity index (χ0n) is 12.7. The van der Waals surface area contributed by atoms with Gasteiger partial charge in [0.25, 0.3) is 0 Å². The molecule has 0 fully saturated rings. The molecule has 2 rings (SSSR count). The number of nitrogens with one attached hydrogen (secondary N) is 1. The highest BCUT2D eigenvalue weighted by Gasteiger charge is 2.24. The van der Waals surface area contributed by atoms with E-state index in [9.17, 15) is 0 Å². The SMILES string of the molecule is CCOc1ccccc1C(NN)c1c(OC)cnn1CC. The van der Waals surface area contributed by atoms with Crippen molar-refractivity contribution >= 4 is 0 Å². The quantitative estimate of drug-likeness (QED) is 0.601. The summed E-state index contributed by atoms with van der Waals surface area (Å²) in [6.45, 7) is 5.31. The maximum atomic E-state index is 5.81. The van der Waals surface area contributed by atoms with Gasteiger partial charge >= 0.3 is 0 Å². The minimum absolute atomic E-state index is 0.259. The average molecular weight is 290 g/mol. The van der Waals surface area contributed by atoms with Crippen molar-refractivity contribution in [1.29, 1.82) is 0 Å². The Morgan fingerprint density at radius 1 is 1.29 bits per heavy atom. The van der Waals surface area contributed by atoms with Crippen LogP contribution in [-0.4, -0.2) is 23.5 Å². The number of nitrogens with two attached hydrogens (primary N) is 1. The van der Waals surface area contributed by atoms with Crippen molar-refractivity contribution in [2.45, 2.75) is 26.4 Å². The number of para-hydroxylation sites is 1. The van der Waals surface area contributed by atoms with Crippen LogP contribution < -0.4 is 20.7 Å². The van der Waals surface area contributed by atoms with Crippen LogP contribution in [0.4, 0.5) is 0 Å². The Hall–Kier alpha value is -2.05. The molecule has 2 aromatic rings. The fraction of sp³-hybridized carbons (Fsp3) is 0.400. The Bertz CT molecular complexity index is 561. The number of hydrogen-bond acceptors (Lipinski definition) is 5. The van der Waals surface area contributed by atoms with Crippen molar-refractivity contribution in [2.24, 2.45) is 5.84 Å². The van der Waals surface area contributed by atoms with Gasteiger partial charge in [0, 0.05) is 12.1 Å². The van der Waals surface area contributed by atoms with E-state index in [1.807, 2.05) is 42.8 Å². The van der Waals surface area contributed by atoms with Crippen LogP contribution in [0.15, 0.2) is 30.5 Å². The Morgan fingerprint density at radius 2 is 2.05 bits per heavy atom. The number of hydrogen-bond donors (Lipinski definition) is 2. The molecule has 0 saturated carbocycles. The van der Waals surface area contributed by atoms with Gasteiger partial charge in [-0.2, -0.15) is 5.10 Å². The van der Waals surface area contributed by atoms with Crippen molar-refractivity contribution in [2.75, 3.05) is 13.7 Å². The maximum absolute atomic E-state index is 5.81. The number of aromatic nitrogens is 2. The molecule has 6 heteroatoms. The first-order chi connectivity index (χ1) is 10.3. The molecule has 114 valence electrons. The Morgan fingerprint density at radius 3 is 2.67 bits per heavy atom. The molecule has 1 atom stereocenters. The van der Waals surface area contributed by atoms with Gasteiger partial charge in [0.15, 0.2) is 5.75 Å². The highest BCUT2D eigenvalue weighted by molar-refractivity contribution is 5.43. The summed E-state index contributed by atoms with van der Waals surface area (Å²) in [5.74, 6) is 7.31. The van der Waals surface area contributed by atoms with Crippen molar-refractivity contribution in [1.82, 2.24) is 15.2 Å². The normalized spacial score (nSPS) is 12.2. The van der Waals surface area contributed by atoms with E-state index in [-0.39, 0.29) is 6.04 Å². The first kappa shape index (κ1) is 15.3. The monoisotopic (exact) mass is 290 g/mol. The third-order valence-corrected chi connectivity index (χ3v) is 3.33. The summed E-state index contributed by atoms with van der Waals surface area (Å²) in [4.78, 5) is 0. The van der Waals surface area contributed by atoms with Gasteiger partial charge in [0.05, 0.1) is 26.0 Å². The van der Waals surface area contributed by atoms with E-state index in [1.165, 1.54) is 0 Å². The number of methoxy groups -OCH3 is 1. The summed E-state index contributed by atoms with van der Waals surface area (Å²) in [7, 11) is 1.63. The smallest absolute Gasteiger partial charge is 0.161 e. The van der Waals surface area contributed by atoms with Crippen LogP contribution in [0.2, 0.25) is 0 Å². The minimum atomic E-state index is -0.259. The Kier molecular flexibility index (Phi) is 5.19. The van der Waals surface area contributed by atoms with E-state index in [0.29, 0.717) is 12.4 Å². The first-order valence-corrected chi connectivity index (χ1v) is 7.04. The lowest BCUT2D eigenvalue weighted by molar-refractivity contribution is 0.331. The van der Waals surface area contributed by atoms with Gasteiger partial charge in [-0.15, -0.1) is 0 Å².